The molecule has 0 fully saturated rings. The molecule has 4 heterocycles. The molecule has 0 radical (unpaired) electrons. The highest BCUT2D eigenvalue weighted by molar-refractivity contribution is 5.91. The molecule has 1 amide bonds. The second-order valence-corrected chi connectivity index (χ2v) is 5.67. The minimum absolute atomic E-state index is 0.144. The third kappa shape index (κ3) is 2.88. The monoisotopic (exact) mass is 350 g/mol. The fourth-order valence-electron chi connectivity index (χ4n) is 2.40. The Bertz CT molecular complexity index is 1070. The van der Waals surface area contributed by atoms with Crippen molar-refractivity contribution in [3.05, 3.63) is 54.2 Å². The first-order chi connectivity index (χ1) is 12.6. The van der Waals surface area contributed by atoms with Crippen molar-refractivity contribution in [2.45, 2.75) is 13.5 Å². The van der Waals surface area contributed by atoms with Crippen molar-refractivity contribution >= 4 is 11.7 Å². The molecule has 130 valence electrons. The normalized spacial score (nSPS) is 11.0. The summed E-state index contributed by atoms with van der Waals surface area (Å²) in [5.41, 5.74) is 1.58. The minimum Gasteiger partial charge on any atom is -0.337 e. The van der Waals surface area contributed by atoms with Crippen LogP contribution in [0.15, 0.2) is 41.3 Å². The topological polar surface area (TPSA) is 115 Å². The van der Waals surface area contributed by atoms with Crippen molar-refractivity contribution in [1.29, 1.82) is 0 Å². The molecular formula is C16H14N8O2. The fourth-order valence-corrected chi connectivity index (χ4v) is 2.40. The van der Waals surface area contributed by atoms with Crippen molar-refractivity contribution in [2.24, 2.45) is 0 Å². The van der Waals surface area contributed by atoms with Gasteiger partial charge in [0.05, 0.1) is 0 Å². The van der Waals surface area contributed by atoms with Crippen molar-refractivity contribution < 1.29 is 9.32 Å². The average Bonchev–Trinajstić information content (AvgIpc) is 3.28. The number of carbonyl (C=O) groups is 1. The van der Waals surface area contributed by atoms with E-state index in [0.717, 1.165) is 11.3 Å². The van der Waals surface area contributed by atoms with Gasteiger partial charge >= 0.3 is 0 Å². The van der Waals surface area contributed by atoms with Crippen molar-refractivity contribution in [1.82, 2.24) is 39.6 Å². The van der Waals surface area contributed by atoms with Gasteiger partial charge in [-0.1, -0.05) is 5.16 Å². The Labute approximate surface area is 147 Å². The van der Waals surface area contributed by atoms with E-state index in [1.165, 1.54) is 4.90 Å². The van der Waals surface area contributed by atoms with E-state index in [1.807, 2.05) is 6.92 Å². The van der Waals surface area contributed by atoms with Gasteiger partial charge in [0, 0.05) is 36.9 Å². The standard InChI is InChI=1S/C16H14N8O2/c1-10-5-8-24-14(20-21-16(24)18-10)15(25)23(2)9-12-19-13(22-26-12)11-3-6-17-7-4-11/h3-8H,9H2,1-2H3. The number of nitrogens with zero attached hydrogens (tertiary/aromatic N) is 8. The molecule has 4 aromatic heterocycles. The van der Waals surface area contributed by atoms with Crippen molar-refractivity contribution in [3.63, 3.8) is 0 Å². The smallest absolute Gasteiger partial charge is 0.292 e. The van der Waals surface area contributed by atoms with Crippen LogP contribution in [0, 0.1) is 6.92 Å². The lowest BCUT2D eigenvalue weighted by Gasteiger charge is -2.13. The predicted molar refractivity (Wildman–Crippen MR) is 88.8 cm³/mol. The quantitative estimate of drug-likeness (QED) is 0.538. The SMILES string of the molecule is Cc1ccn2c(C(=O)N(C)Cc3nc(-c4ccncc4)no3)nnc2n1. The number of pyridine rings is 1. The Hall–Kier alpha value is -3.69. The summed E-state index contributed by atoms with van der Waals surface area (Å²) in [6, 6.07) is 5.34. The largest absolute Gasteiger partial charge is 0.337 e. The highest BCUT2D eigenvalue weighted by Gasteiger charge is 2.21. The highest BCUT2D eigenvalue weighted by Crippen LogP contribution is 2.15. The minimum atomic E-state index is -0.327. The van der Waals surface area contributed by atoms with Gasteiger partial charge in [-0.15, -0.1) is 10.2 Å². The molecule has 4 aromatic rings. The summed E-state index contributed by atoms with van der Waals surface area (Å²) in [5, 5.41) is 11.8. The molecule has 0 aliphatic carbocycles. The summed E-state index contributed by atoms with van der Waals surface area (Å²) >= 11 is 0. The van der Waals surface area contributed by atoms with Crippen LogP contribution in [-0.4, -0.2) is 52.6 Å². The van der Waals surface area contributed by atoms with Crippen LogP contribution in [0.4, 0.5) is 0 Å². The molecule has 0 spiro atoms. The fraction of sp³-hybridized carbons (Fsp3) is 0.188. The average molecular weight is 350 g/mol. The van der Waals surface area contributed by atoms with Gasteiger partial charge in [0.15, 0.2) is 0 Å². The molecule has 0 aliphatic heterocycles. The van der Waals surface area contributed by atoms with E-state index in [1.54, 1.807) is 48.2 Å². The number of hydrogen-bond acceptors (Lipinski definition) is 8. The maximum atomic E-state index is 12.7. The zero-order valence-corrected chi connectivity index (χ0v) is 14.1. The summed E-state index contributed by atoms with van der Waals surface area (Å²) in [4.78, 5) is 26.6. The second-order valence-electron chi connectivity index (χ2n) is 5.67. The maximum absolute atomic E-state index is 12.7. The van der Waals surface area contributed by atoms with Crippen LogP contribution in [0.3, 0.4) is 0 Å². The summed E-state index contributed by atoms with van der Waals surface area (Å²) in [6.07, 6.45) is 5.01. The first kappa shape index (κ1) is 15.8. The van der Waals surface area contributed by atoms with Gasteiger partial charge in [-0.25, -0.2) is 4.98 Å². The molecule has 0 saturated carbocycles. The summed E-state index contributed by atoms with van der Waals surface area (Å²) in [6.45, 7) is 1.99. The van der Waals surface area contributed by atoms with E-state index in [4.69, 9.17) is 4.52 Å². The number of aromatic nitrogens is 7. The lowest BCUT2D eigenvalue weighted by molar-refractivity contribution is 0.0756. The molecule has 0 saturated heterocycles. The molecule has 0 aliphatic rings. The molecule has 0 N–H and O–H groups in total. The van der Waals surface area contributed by atoms with Crippen molar-refractivity contribution in [3.8, 4) is 11.4 Å². The Morgan fingerprint density at radius 1 is 1.19 bits per heavy atom. The molecule has 4 rings (SSSR count). The van der Waals surface area contributed by atoms with Crippen LogP contribution in [0.5, 0.6) is 0 Å². The molecule has 0 bridgehead atoms. The van der Waals surface area contributed by atoms with Gasteiger partial charge in [-0.2, -0.15) is 4.98 Å². The van der Waals surface area contributed by atoms with Gasteiger partial charge < -0.3 is 9.42 Å². The van der Waals surface area contributed by atoms with Crippen LogP contribution in [0.2, 0.25) is 0 Å². The molecule has 0 aromatic carbocycles. The second kappa shape index (κ2) is 6.31. The number of fused-ring (bicyclic) bond motifs is 1. The van der Waals surface area contributed by atoms with E-state index in [9.17, 15) is 4.79 Å². The molecule has 26 heavy (non-hydrogen) atoms. The molecule has 0 unspecified atom stereocenters. The Balaban J connectivity index is 1.53. The number of amides is 1. The molecule has 10 heteroatoms. The lowest BCUT2D eigenvalue weighted by Crippen LogP contribution is -2.28. The Kier molecular flexibility index (Phi) is 3.84. The first-order valence-electron chi connectivity index (χ1n) is 7.78. The third-order valence-corrected chi connectivity index (χ3v) is 3.74. The third-order valence-electron chi connectivity index (χ3n) is 3.74. The van der Waals surface area contributed by atoms with E-state index >= 15 is 0 Å². The van der Waals surface area contributed by atoms with Gasteiger partial charge in [0.1, 0.15) is 6.54 Å². The van der Waals surface area contributed by atoms with E-state index < -0.39 is 0 Å². The van der Waals surface area contributed by atoms with Gasteiger partial charge in [0.2, 0.25) is 17.5 Å². The highest BCUT2D eigenvalue weighted by atomic mass is 16.5. The van der Waals surface area contributed by atoms with Gasteiger partial charge in [-0.05, 0) is 25.1 Å². The van der Waals surface area contributed by atoms with Crippen LogP contribution >= 0.6 is 0 Å². The van der Waals surface area contributed by atoms with E-state index in [0.29, 0.717) is 17.5 Å². The van der Waals surface area contributed by atoms with Crippen LogP contribution in [-0.2, 0) is 6.54 Å². The zero-order valence-electron chi connectivity index (χ0n) is 14.1. The lowest BCUT2D eigenvalue weighted by atomic mass is 10.2. The van der Waals surface area contributed by atoms with Crippen molar-refractivity contribution in [2.75, 3.05) is 7.05 Å². The van der Waals surface area contributed by atoms with E-state index in [-0.39, 0.29) is 18.3 Å². The number of rotatable bonds is 4. The molecular weight excluding hydrogens is 336 g/mol. The summed E-state index contributed by atoms with van der Waals surface area (Å²) in [5.74, 6) is 0.974. The number of carbonyl (C=O) groups excluding carboxylic acids is 1. The van der Waals surface area contributed by atoms with Gasteiger partial charge in [0.25, 0.3) is 11.7 Å². The Morgan fingerprint density at radius 2 is 2.00 bits per heavy atom. The van der Waals surface area contributed by atoms with Gasteiger partial charge in [-0.3, -0.25) is 14.2 Å². The predicted octanol–water partition coefficient (Wildman–Crippen LogP) is 1.15. The first-order valence-corrected chi connectivity index (χ1v) is 7.78. The van der Waals surface area contributed by atoms with Crippen LogP contribution in [0.25, 0.3) is 17.2 Å². The zero-order chi connectivity index (χ0) is 18.1. The van der Waals surface area contributed by atoms with E-state index in [2.05, 4.69) is 30.3 Å². The number of hydrogen-bond donors (Lipinski definition) is 0. The summed E-state index contributed by atoms with van der Waals surface area (Å²) < 4.78 is 6.77. The molecule has 10 nitrogen and oxygen atoms in total. The Morgan fingerprint density at radius 3 is 2.81 bits per heavy atom. The number of aryl methyl sites for hydroxylation is 1. The van der Waals surface area contributed by atoms with Crippen LogP contribution in [0.1, 0.15) is 22.2 Å². The summed E-state index contributed by atoms with van der Waals surface area (Å²) in [7, 11) is 1.63. The maximum Gasteiger partial charge on any atom is 0.292 e. The van der Waals surface area contributed by atoms with Crippen LogP contribution < -0.4 is 0 Å². The molecule has 0 atom stereocenters.